The minimum absolute atomic E-state index is 0.0204. The van der Waals surface area contributed by atoms with Gasteiger partial charge in [0, 0.05) is 43.2 Å². The van der Waals surface area contributed by atoms with Crippen molar-refractivity contribution in [1.82, 2.24) is 9.29 Å². The summed E-state index contributed by atoms with van der Waals surface area (Å²) in [5.74, 6) is -0.355. The Morgan fingerprint density at radius 2 is 1.69 bits per heavy atom. The molecule has 0 aliphatic rings. The van der Waals surface area contributed by atoms with E-state index in [1.54, 1.807) is 48.8 Å². The largest absolute Gasteiger partial charge is 0.326 e. The van der Waals surface area contributed by atoms with Gasteiger partial charge in [0.2, 0.25) is 15.9 Å². The van der Waals surface area contributed by atoms with Gasteiger partial charge in [0.15, 0.2) is 5.78 Å². The lowest BCUT2D eigenvalue weighted by atomic mass is 10.1. The Morgan fingerprint density at radius 1 is 1.08 bits per heavy atom. The second-order valence-electron chi connectivity index (χ2n) is 5.88. The van der Waals surface area contributed by atoms with Gasteiger partial charge < -0.3 is 5.32 Å². The first-order valence-electron chi connectivity index (χ1n) is 8.00. The summed E-state index contributed by atoms with van der Waals surface area (Å²) in [5, 5.41) is 2.70. The van der Waals surface area contributed by atoms with Gasteiger partial charge in [0.25, 0.3) is 0 Å². The molecule has 0 unspecified atom stereocenters. The maximum Gasteiger partial charge on any atom is 0.225 e. The van der Waals surface area contributed by atoms with E-state index in [0.29, 0.717) is 11.3 Å². The van der Waals surface area contributed by atoms with E-state index in [9.17, 15) is 18.0 Å². The fourth-order valence-electron chi connectivity index (χ4n) is 2.29. The van der Waals surface area contributed by atoms with Crippen LogP contribution in [0.3, 0.4) is 0 Å². The van der Waals surface area contributed by atoms with Crippen molar-refractivity contribution in [3.8, 4) is 0 Å². The Balaban J connectivity index is 1.95. The maximum absolute atomic E-state index is 12.1. The van der Waals surface area contributed by atoms with Crippen molar-refractivity contribution in [2.75, 3.05) is 18.1 Å². The van der Waals surface area contributed by atoms with Crippen LogP contribution in [-0.4, -0.2) is 42.2 Å². The van der Waals surface area contributed by atoms with E-state index in [1.165, 1.54) is 11.2 Å². The molecule has 0 saturated carbocycles. The number of ketones is 1. The molecule has 1 aromatic heterocycles. The van der Waals surface area contributed by atoms with Crippen molar-refractivity contribution in [3.05, 3.63) is 59.9 Å². The molecule has 0 aliphatic heterocycles. The molecule has 0 aliphatic carbocycles. The molecular weight excluding hydrogens is 354 g/mol. The molecule has 2 aromatic rings. The van der Waals surface area contributed by atoms with E-state index in [1.807, 2.05) is 0 Å². The van der Waals surface area contributed by atoms with Crippen LogP contribution in [0.5, 0.6) is 0 Å². The molecule has 0 fully saturated rings. The van der Waals surface area contributed by atoms with Crippen LogP contribution in [0.2, 0.25) is 0 Å². The lowest BCUT2D eigenvalue weighted by molar-refractivity contribution is -0.116. The summed E-state index contributed by atoms with van der Waals surface area (Å²) < 4.78 is 25.2. The van der Waals surface area contributed by atoms with Crippen LogP contribution in [0.1, 0.15) is 29.3 Å². The SMILES string of the molecule is CC(=O)c1ccc(NC(=O)CCN(Cc2ccncc2)S(C)(=O)=O)cc1. The summed E-state index contributed by atoms with van der Waals surface area (Å²) in [6.07, 6.45) is 4.32. The van der Waals surface area contributed by atoms with Crippen LogP contribution in [0.15, 0.2) is 48.8 Å². The summed E-state index contributed by atoms with van der Waals surface area (Å²) in [4.78, 5) is 27.3. The summed E-state index contributed by atoms with van der Waals surface area (Å²) >= 11 is 0. The first-order valence-corrected chi connectivity index (χ1v) is 9.85. The molecule has 1 aromatic carbocycles. The van der Waals surface area contributed by atoms with Crippen LogP contribution in [0.4, 0.5) is 5.69 Å². The Labute approximate surface area is 153 Å². The molecule has 1 heterocycles. The van der Waals surface area contributed by atoms with Crippen LogP contribution in [0, 0.1) is 0 Å². The molecule has 7 nitrogen and oxygen atoms in total. The molecule has 0 bridgehead atoms. The van der Waals surface area contributed by atoms with Gasteiger partial charge in [0.05, 0.1) is 6.26 Å². The zero-order valence-corrected chi connectivity index (χ0v) is 15.5. The van der Waals surface area contributed by atoms with Gasteiger partial charge in [-0.05, 0) is 48.9 Å². The molecule has 0 radical (unpaired) electrons. The summed E-state index contributed by atoms with van der Waals surface area (Å²) in [5.41, 5.74) is 1.91. The van der Waals surface area contributed by atoms with Gasteiger partial charge in [-0.1, -0.05) is 0 Å². The molecule has 0 spiro atoms. The van der Waals surface area contributed by atoms with Gasteiger partial charge in [-0.3, -0.25) is 14.6 Å². The third kappa shape index (κ3) is 6.05. The van der Waals surface area contributed by atoms with Gasteiger partial charge in [-0.25, -0.2) is 8.42 Å². The zero-order chi connectivity index (χ0) is 19.2. The predicted molar refractivity (Wildman–Crippen MR) is 99.2 cm³/mol. The molecule has 26 heavy (non-hydrogen) atoms. The number of amides is 1. The number of nitrogens with zero attached hydrogens (tertiary/aromatic N) is 2. The number of carbonyl (C=O) groups excluding carboxylic acids is 2. The Kier molecular flexibility index (Phi) is 6.59. The first-order chi connectivity index (χ1) is 12.3. The number of sulfonamides is 1. The van der Waals surface area contributed by atoms with E-state index in [0.717, 1.165) is 11.8 Å². The molecule has 2 rings (SSSR count). The lowest BCUT2D eigenvalue weighted by Crippen LogP contribution is -2.32. The molecule has 1 amide bonds. The standard InChI is InChI=1S/C18H21N3O4S/c1-14(22)16-3-5-17(6-4-16)20-18(23)9-12-21(26(2,24)25)13-15-7-10-19-11-8-15/h3-8,10-11H,9,12-13H2,1-2H3,(H,20,23). The van der Waals surface area contributed by atoms with Gasteiger partial charge in [-0.15, -0.1) is 0 Å². The topological polar surface area (TPSA) is 96.4 Å². The average molecular weight is 375 g/mol. The number of carbonyl (C=O) groups is 2. The number of hydrogen-bond acceptors (Lipinski definition) is 5. The van der Waals surface area contributed by atoms with Crippen molar-refractivity contribution < 1.29 is 18.0 Å². The Morgan fingerprint density at radius 3 is 2.23 bits per heavy atom. The van der Waals surface area contributed by atoms with Crippen molar-refractivity contribution in [2.45, 2.75) is 19.9 Å². The fraction of sp³-hybridized carbons (Fsp3) is 0.278. The third-order valence-electron chi connectivity index (χ3n) is 3.74. The van der Waals surface area contributed by atoms with Crippen molar-refractivity contribution in [2.24, 2.45) is 0 Å². The van der Waals surface area contributed by atoms with Crippen LogP contribution < -0.4 is 5.32 Å². The number of Topliss-reactive ketones (excluding diaryl/α,β-unsaturated/α-hetero) is 1. The predicted octanol–water partition coefficient (Wildman–Crippen LogP) is 2.07. The highest BCUT2D eigenvalue weighted by Crippen LogP contribution is 2.12. The van der Waals surface area contributed by atoms with E-state index < -0.39 is 10.0 Å². The maximum atomic E-state index is 12.1. The van der Waals surface area contributed by atoms with E-state index in [2.05, 4.69) is 10.3 Å². The number of aromatic nitrogens is 1. The molecule has 0 atom stereocenters. The Bertz CT molecular complexity index is 865. The fourth-order valence-corrected chi connectivity index (χ4v) is 3.10. The number of nitrogens with one attached hydrogen (secondary N) is 1. The molecule has 8 heteroatoms. The second-order valence-corrected chi connectivity index (χ2v) is 7.87. The van der Waals surface area contributed by atoms with E-state index >= 15 is 0 Å². The molecular formula is C18H21N3O4S. The van der Waals surface area contributed by atoms with Crippen LogP contribution in [0.25, 0.3) is 0 Å². The zero-order valence-electron chi connectivity index (χ0n) is 14.7. The average Bonchev–Trinajstić information content (AvgIpc) is 2.59. The minimum atomic E-state index is -3.45. The van der Waals surface area contributed by atoms with Crippen molar-refractivity contribution in [3.63, 3.8) is 0 Å². The number of rotatable bonds is 8. The molecule has 138 valence electrons. The van der Waals surface area contributed by atoms with Gasteiger partial charge in [-0.2, -0.15) is 4.31 Å². The number of hydrogen-bond donors (Lipinski definition) is 1. The highest BCUT2D eigenvalue weighted by Gasteiger charge is 2.18. The van der Waals surface area contributed by atoms with Crippen LogP contribution in [-0.2, 0) is 21.4 Å². The Hall–Kier alpha value is -2.58. The smallest absolute Gasteiger partial charge is 0.225 e. The third-order valence-corrected chi connectivity index (χ3v) is 4.99. The van der Waals surface area contributed by atoms with E-state index in [4.69, 9.17) is 0 Å². The van der Waals surface area contributed by atoms with Gasteiger partial charge in [0.1, 0.15) is 0 Å². The van der Waals surface area contributed by atoms with Crippen molar-refractivity contribution >= 4 is 27.4 Å². The monoisotopic (exact) mass is 375 g/mol. The lowest BCUT2D eigenvalue weighted by Gasteiger charge is -2.19. The highest BCUT2D eigenvalue weighted by atomic mass is 32.2. The summed E-state index contributed by atoms with van der Waals surface area (Å²) in [7, 11) is -3.45. The number of pyridine rings is 1. The number of anilines is 1. The second kappa shape index (κ2) is 8.68. The van der Waals surface area contributed by atoms with Gasteiger partial charge >= 0.3 is 0 Å². The molecule has 1 N–H and O–H groups in total. The highest BCUT2D eigenvalue weighted by molar-refractivity contribution is 7.88. The quantitative estimate of drug-likeness (QED) is 0.713. The van der Waals surface area contributed by atoms with Crippen molar-refractivity contribution in [1.29, 1.82) is 0 Å². The summed E-state index contributed by atoms with van der Waals surface area (Å²) in [6, 6.07) is 10.00. The number of benzene rings is 1. The minimum Gasteiger partial charge on any atom is -0.326 e. The van der Waals surface area contributed by atoms with Crippen LogP contribution >= 0.6 is 0 Å². The van der Waals surface area contributed by atoms with E-state index in [-0.39, 0.29) is 31.2 Å². The molecule has 0 saturated heterocycles. The first kappa shape index (κ1) is 19.7. The summed E-state index contributed by atoms with van der Waals surface area (Å²) in [6.45, 7) is 1.72. The normalized spacial score (nSPS) is 11.3.